The summed E-state index contributed by atoms with van der Waals surface area (Å²) in [6, 6.07) is -0.801. The molecule has 0 aromatic heterocycles. The molecule has 0 radical (unpaired) electrons. The summed E-state index contributed by atoms with van der Waals surface area (Å²) >= 11 is 0. The first-order chi connectivity index (χ1) is 33.5. The minimum atomic E-state index is -4.57. The standard InChI is InChI=1S/C60H121N2O6P/c1-6-8-10-12-14-16-18-20-22-24-26-28-30-32-33-35-37-39-41-43-45-47-49-51-53-59(63)58(57-68-69(65,66)67-56-55-62(3,4)5)61-60(64)54-52-50-48-46-44-42-40-38-36-34-31-29-27-25-23-21-19-17-15-13-11-9-7-2/h34,36,58-59,63H,6-33,35,37-57H2,1-5H3,(H-,61,64,65,66)/b36-34-. The number of allylic oxidation sites excluding steroid dienone is 2. The molecule has 69 heavy (non-hydrogen) atoms. The molecule has 0 spiro atoms. The van der Waals surface area contributed by atoms with Gasteiger partial charge in [0, 0.05) is 6.42 Å². The number of quaternary nitrogens is 1. The van der Waals surface area contributed by atoms with Crippen LogP contribution >= 0.6 is 7.82 Å². The predicted octanol–water partition coefficient (Wildman–Crippen LogP) is 18.0. The van der Waals surface area contributed by atoms with Gasteiger partial charge in [-0.25, -0.2) is 0 Å². The third-order valence-corrected chi connectivity index (χ3v) is 15.2. The molecule has 0 aromatic rings. The van der Waals surface area contributed by atoms with Crippen LogP contribution in [0.1, 0.15) is 316 Å². The number of nitrogens with one attached hydrogen (secondary N) is 1. The summed E-state index contributed by atoms with van der Waals surface area (Å²) in [4.78, 5) is 25.6. The molecule has 0 saturated carbocycles. The van der Waals surface area contributed by atoms with Crippen LogP contribution in [0.4, 0.5) is 0 Å². The molecular formula is C60H121N2O6P. The molecule has 0 bridgehead atoms. The monoisotopic (exact) mass is 997 g/mol. The highest BCUT2D eigenvalue weighted by Crippen LogP contribution is 2.38. The molecule has 0 aliphatic carbocycles. The van der Waals surface area contributed by atoms with Crippen molar-refractivity contribution in [1.82, 2.24) is 5.32 Å². The zero-order valence-corrected chi connectivity index (χ0v) is 47.9. The molecule has 0 fully saturated rings. The average molecular weight is 998 g/mol. The molecule has 8 nitrogen and oxygen atoms in total. The molecule has 3 unspecified atom stereocenters. The third-order valence-electron chi connectivity index (χ3n) is 14.3. The number of unbranched alkanes of at least 4 members (excludes halogenated alkanes) is 42. The Balaban J connectivity index is 4.12. The van der Waals surface area contributed by atoms with E-state index < -0.39 is 20.0 Å². The second-order valence-electron chi connectivity index (χ2n) is 22.4. The number of rotatable bonds is 57. The van der Waals surface area contributed by atoms with E-state index >= 15 is 0 Å². The van der Waals surface area contributed by atoms with Gasteiger partial charge in [-0.05, 0) is 38.5 Å². The maximum atomic E-state index is 13.0. The Morgan fingerprint density at radius 2 is 0.797 bits per heavy atom. The van der Waals surface area contributed by atoms with Crippen LogP contribution in [-0.2, 0) is 18.4 Å². The van der Waals surface area contributed by atoms with Crippen LogP contribution in [0.3, 0.4) is 0 Å². The zero-order valence-electron chi connectivity index (χ0n) is 47.0. The number of nitrogens with zero attached hydrogens (tertiary/aromatic N) is 1. The van der Waals surface area contributed by atoms with E-state index in [1.807, 2.05) is 21.1 Å². The molecule has 3 atom stereocenters. The number of amides is 1. The van der Waals surface area contributed by atoms with Crippen molar-refractivity contribution in [2.24, 2.45) is 0 Å². The largest absolute Gasteiger partial charge is 0.756 e. The van der Waals surface area contributed by atoms with Crippen molar-refractivity contribution in [3.63, 3.8) is 0 Å². The second kappa shape index (κ2) is 52.1. The van der Waals surface area contributed by atoms with Crippen molar-refractivity contribution >= 4 is 13.7 Å². The molecule has 0 heterocycles. The first kappa shape index (κ1) is 68.2. The average Bonchev–Trinajstić information content (AvgIpc) is 3.31. The van der Waals surface area contributed by atoms with Crippen LogP contribution in [0.15, 0.2) is 12.2 Å². The number of likely N-dealkylation sites (N-methyl/N-ethyl adjacent to an activating group) is 1. The minimum Gasteiger partial charge on any atom is -0.756 e. The lowest BCUT2D eigenvalue weighted by Crippen LogP contribution is -2.46. The smallest absolute Gasteiger partial charge is 0.268 e. The maximum absolute atomic E-state index is 13.0. The molecule has 0 aliphatic rings. The van der Waals surface area contributed by atoms with Gasteiger partial charge < -0.3 is 28.8 Å². The van der Waals surface area contributed by atoms with Gasteiger partial charge in [-0.3, -0.25) is 9.36 Å². The molecule has 0 rings (SSSR count). The highest BCUT2D eigenvalue weighted by molar-refractivity contribution is 7.45. The fraction of sp³-hybridized carbons (Fsp3) is 0.950. The van der Waals surface area contributed by atoms with E-state index in [2.05, 4.69) is 31.3 Å². The summed E-state index contributed by atoms with van der Waals surface area (Å²) in [5.74, 6) is -0.163. The number of carbonyl (C=O) groups is 1. The van der Waals surface area contributed by atoms with Crippen molar-refractivity contribution in [3.8, 4) is 0 Å². The zero-order chi connectivity index (χ0) is 50.6. The van der Waals surface area contributed by atoms with Crippen molar-refractivity contribution in [3.05, 3.63) is 12.2 Å². The van der Waals surface area contributed by atoms with E-state index in [4.69, 9.17) is 9.05 Å². The quantitative estimate of drug-likeness (QED) is 0.0272. The number of hydrogen-bond acceptors (Lipinski definition) is 6. The van der Waals surface area contributed by atoms with Gasteiger partial charge in [0.05, 0.1) is 39.9 Å². The van der Waals surface area contributed by atoms with Gasteiger partial charge in [0.25, 0.3) is 7.82 Å². The number of hydrogen-bond donors (Lipinski definition) is 2. The van der Waals surface area contributed by atoms with Gasteiger partial charge in [-0.1, -0.05) is 283 Å². The van der Waals surface area contributed by atoms with Gasteiger partial charge in [-0.15, -0.1) is 0 Å². The SMILES string of the molecule is CCCCCCCCCCCCCC/C=C\CCCCCCCCCC(=O)NC(COP(=O)([O-])OCC[N+](C)(C)C)C(O)CCCCCCCCCCCCCCCCCCCCCCCCCC. The Labute approximate surface area is 431 Å². The van der Waals surface area contributed by atoms with Gasteiger partial charge in [-0.2, -0.15) is 0 Å². The fourth-order valence-corrected chi connectivity index (χ4v) is 10.2. The van der Waals surface area contributed by atoms with Crippen LogP contribution < -0.4 is 10.2 Å². The van der Waals surface area contributed by atoms with Crippen molar-refractivity contribution in [1.29, 1.82) is 0 Å². The topological polar surface area (TPSA) is 108 Å². The summed E-state index contributed by atoms with van der Waals surface area (Å²) in [5, 5.41) is 14.1. The molecule has 412 valence electrons. The first-order valence-electron chi connectivity index (χ1n) is 30.5. The van der Waals surface area contributed by atoms with E-state index in [1.165, 1.54) is 250 Å². The third kappa shape index (κ3) is 54.8. The summed E-state index contributed by atoms with van der Waals surface area (Å²) in [5.41, 5.74) is 0. The van der Waals surface area contributed by atoms with Crippen molar-refractivity contribution < 1.29 is 32.9 Å². The highest BCUT2D eigenvalue weighted by Gasteiger charge is 2.24. The van der Waals surface area contributed by atoms with Crippen molar-refractivity contribution in [2.45, 2.75) is 328 Å². The number of aliphatic hydroxyl groups is 1. The van der Waals surface area contributed by atoms with Crippen LogP contribution in [0.25, 0.3) is 0 Å². The lowest BCUT2D eigenvalue weighted by molar-refractivity contribution is -0.870. The lowest BCUT2D eigenvalue weighted by atomic mass is 10.0. The second-order valence-corrected chi connectivity index (χ2v) is 23.8. The molecule has 0 aliphatic heterocycles. The van der Waals surface area contributed by atoms with Gasteiger partial charge in [0.15, 0.2) is 0 Å². The minimum absolute atomic E-state index is 0.0139. The van der Waals surface area contributed by atoms with E-state index in [-0.39, 0.29) is 19.1 Å². The highest BCUT2D eigenvalue weighted by atomic mass is 31.2. The van der Waals surface area contributed by atoms with Gasteiger partial charge in [0.1, 0.15) is 13.2 Å². The molecule has 2 N–H and O–H groups in total. The Bertz CT molecular complexity index is 1130. The van der Waals surface area contributed by atoms with Crippen molar-refractivity contribution in [2.75, 3.05) is 40.9 Å². The van der Waals surface area contributed by atoms with Crippen LogP contribution in [0.2, 0.25) is 0 Å². The Morgan fingerprint density at radius 3 is 1.13 bits per heavy atom. The summed E-state index contributed by atoms with van der Waals surface area (Å²) < 4.78 is 23.5. The first-order valence-corrected chi connectivity index (χ1v) is 32.0. The number of phosphoric acid groups is 1. The normalized spacial score (nSPS) is 13.9. The predicted molar refractivity (Wildman–Crippen MR) is 298 cm³/mol. The van der Waals surface area contributed by atoms with E-state index in [0.717, 1.165) is 38.5 Å². The van der Waals surface area contributed by atoms with E-state index in [1.54, 1.807) is 0 Å². The summed E-state index contributed by atoms with van der Waals surface area (Å²) in [6.45, 7) is 4.77. The molecule has 9 heteroatoms. The van der Waals surface area contributed by atoms with Crippen LogP contribution in [-0.4, -0.2) is 68.5 Å². The maximum Gasteiger partial charge on any atom is 0.268 e. The molecular weight excluding hydrogens is 876 g/mol. The Morgan fingerprint density at radius 1 is 0.493 bits per heavy atom. The lowest BCUT2D eigenvalue weighted by Gasteiger charge is -2.30. The Kier molecular flexibility index (Phi) is 51.5. The number of carbonyl (C=O) groups excluding carboxylic acids is 1. The number of aliphatic hydroxyl groups excluding tert-OH is 1. The molecule has 0 aromatic carbocycles. The van der Waals surface area contributed by atoms with E-state index in [9.17, 15) is 19.4 Å². The van der Waals surface area contributed by atoms with Crippen LogP contribution in [0, 0.1) is 0 Å². The van der Waals surface area contributed by atoms with E-state index in [0.29, 0.717) is 23.9 Å². The van der Waals surface area contributed by atoms with Crippen LogP contribution in [0.5, 0.6) is 0 Å². The van der Waals surface area contributed by atoms with Gasteiger partial charge >= 0.3 is 0 Å². The molecule has 0 saturated heterocycles. The Hall–Kier alpha value is -0.760. The fourth-order valence-electron chi connectivity index (χ4n) is 9.45. The summed E-state index contributed by atoms with van der Waals surface area (Å²) in [6.07, 6.45) is 63.9. The summed E-state index contributed by atoms with van der Waals surface area (Å²) in [7, 11) is 1.32. The van der Waals surface area contributed by atoms with Gasteiger partial charge in [0.2, 0.25) is 5.91 Å². The number of phosphoric ester groups is 1. The molecule has 1 amide bonds.